The lowest BCUT2D eigenvalue weighted by molar-refractivity contribution is 0.0848. The molecule has 0 saturated heterocycles. The summed E-state index contributed by atoms with van der Waals surface area (Å²) >= 11 is 0. The van der Waals surface area contributed by atoms with Crippen molar-refractivity contribution >= 4 is 0 Å². The molecule has 0 bridgehead atoms. The zero-order valence-electron chi connectivity index (χ0n) is 7.18. The minimum atomic E-state index is 0.446. The van der Waals surface area contributed by atoms with Gasteiger partial charge in [-0.15, -0.1) is 0 Å². The van der Waals surface area contributed by atoms with Crippen LogP contribution >= 0.6 is 0 Å². The summed E-state index contributed by atoms with van der Waals surface area (Å²) in [6, 6.07) is 0. The van der Waals surface area contributed by atoms with Crippen molar-refractivity contribution in [1.29, 1.82) is 0 Å². The van der Waals surface area contributed by atoms with E-state index in [4.69, 9.17) is 10.5 Å². The molecule has 0 aromatic rings. The normalized spacial score (nSPS) is 29.3. The van der Waals surface area contributed by atoms with Gasteiger partial charge in [0, 0.05) is 13.7 Å². The average Bonchev–Trinajstić information content (AvgIpc) is 2.06. The van der Waals surface area contributed by atoms with Crippen LogP contribution in [0.2, 0.25) is 0 Å². The molecule has 1 atom stereocenters. The van der Waals surface area contributed by atoms with Gasteiger partial charge in [-0.2, -0.15) is 0 Å². The van der Waals surface area contributed by atoms with Crippen molar-refractivity contribution in [3.8, 4) is 0 Å². The van der Waals surface area contributed by atoms with Gasteiger partial charge in [0.05, 0.1) is 6.10 Å². The van der Waals surface area contributed by atoms with E-state index in [-0.39, 0.29) is 0 Å². The van der Waals surface area contributed by atoms with Gasteiger partial charge < -0.3 is 10.5 Å². The maximum absolute atomic E-state index is 5.43. The predicted octanol–water partition coefficient (Wildman–Crippen LogP) is 1.46. The van der Waals surface area contributed by atoms with E-state index >= 15 is 0 Å². The van der Waals surface area contributed by atoms with E-state index in [9.17, 15) is 0 Å². The summed E-state index contributed by atoms with van der Waals surface area (Å²) in [5.41, 5.74) is 6.91. The second-order valence-corrected chi connectivity index (χ2v) is 3.05. The van der Waals surface area contributed by atoms with E-state index in [1.54, 1.807) is 7.11 Å². The SMILES string of the molecule is COC1CCC/C(=C/CN)C1. The Bertz CT molecular complexity index is 142. The first-order chi connectivity index (χ1) is 5.36. The van der Waals surface area contributed by atoms with Crippen molar-refractivity contribution in [2.24, 2.45) is 5.73 Å². The van der Waals surface area contributed by atoms with Gasteiger partial charge >= 0.3 is 0 Å². The van der Waals surface area contributed by atoms with Crippen LogP contribution in [0.25, 0.3) is 0 Å². The molecule has 0 amide bonds. The maximum atomic E-state index is 5.43. The summed E-state index contributed by atoms with van der Waals surface area (Å²) in [4.78, 5) is 0. The van der Waals surface area contributed by atoms with Gasteiger partial charge in [0.1, 0.15) is 0 Å². The third-order valence-electron chi connectivity index (χ3n) is 2.25. The molecule has 1 saturated carbocycles. The second kappa shape index (κ2) is 4.52. The minimum Gasteiger partial charge on any atom is -0.381 e. The van der Waals surface area contributed by atoms with Crippen molar-refractivity contribution in [1.82, 2.24) is 0 Å². The lowest BCUT2D eigenvalue weighted by Crippen LogP contribution is -2.16. The number of rotatable bonds is 2. The number of methoxy groups -OCH3 is 1. The molecule has 1 rings (SSSR count). The van der Waals surface area contributed by atoms with E-state index in [0.717, 1.165) is 6.42 Å². The molecule has 0 aromatic heterocycles. The van der Waals surface area contributed by atoms with E-state index in [2.05, 4.69) is 6.08 Å². The van der Waals surface area contributed by atoms with Gasteiger partial charge in [0.2, 0.25) is 0 Å². The van der Waals surface area contributed by atoms with E-state index in [1.165, 1.54) is 24.8 Å². The first kappa shape index (κ1) is 8.75. The Balaban J connectivity index is 2.39. The van der Waals surface area contributed by atoms with Crippen LogP contribution in [0.4, 0.5) is 0 Å². The summed E-state index contributed by atoms with van der Waals surface area (Å²) < 4.78 is 5.29. The van der Waals surface area contributed by atoms with Crippen LogP contribution in [-0.4, -0.2) is 19.8 Å². The molecule has 0 radical (unpaired) electrons. The van der Waals surface area contributed by atoms with Gasteiger partial charge in [-0.25, -0.2) is 0 Å². The largest absolute Gasteiger partial charge is 0.381 e. The van der Waals surface area contributed by atoms with E-state index in [0.29, 0.717) is 12.6 Å². The van der Waals surface area contributed by atoms with Crippen LogP contribution in [0, 0.1) is 0 Å². The van der Waals surface area contributed by atoms with Gasteiger partial charge in [0.25, 0.3) is 0 Å². The second-order valence-electron chi connectivity index (χ2n) is 3.05. The highest BCUT2D eigenvalue weighted by Gasteiger charge is 2.15. The molecule has 11 heavy (non-hydrogen) atoms. The summed E-state index contributed by atoms with van der Waals surface area (Å²) in [5.74, 6) is 0. The number of ether oxygens (including phenoxy) is 1. The fraction of sp³-hybridized carbons (Fsp3) is 0.778. The third-order valence-corrected chi connectivity index (χ3v) is 2.25. The Morgan fingerprint density at radius 1 is 1.73 bits per heavy atom. The van der Waals surface area contributed by atoms with Crippen molar-refractivity contribution in [3.05, 3.63) is 11.6 Å². The molecule has 1 fully saturated rings. The van der Waals surface area contributed by atoms with Crippen LogP contribution in [0.1, 0.15) is 25.7 Å². The van der Waals surface area contributed by atoms with Crippen LogP contribution < -0.4 is 5.73 Å². The first-order valence-electron chi connectivity index (χ1n) is 4.27. The number of nitrogens with two attached hydrogens (primary N) is 1. The first-order valence-corrected chi connectivity index (χ1v) is 4.27. The molecule has 1 unspecified atom stereocenters. The molecule has 0 aliphatic heterocycles. The van der Waals surface area contributed by atoms with Crippen LogP contribution in [0.5, 0.6) is 0 Å². The molecule has 1 aliphatic rings. The van der Waals surface area contributed by atoms with Crippen LogP contribution in [0.15, 0.2) is 11.6 Å². The summed E-state index contributed by atoms with van der Waals surface area (Å²) in [7, 11) is 1.79. The summed E-state index contributed by atoms with van der Waals surface area (Å²) in [5, 5.41) is 0. The average molecular weight is 155 g/mol. The Morgan fingerprint density at radius 2 is 2.55 bits per heavy atom. The molecular formula is C9H17NO. The Labute approximate surface area is 68.4 Å². The Morgan fingerprint density at radius 3 is 3.18 bits per heavy atom. The molecule has 2 N–H and O–H groups in total. The van der Waals surface area contributed by atoms with Crippen molar-refractivity contribution in [3.63, 3.8) is 0 Å². The summed E-state index contributed by atoms with van der Waals surface area (Å²) in [6.07, 6.45) is 7.35. The quantitative estimate of drug-likeness (QED) is 0.613. The van der Waals surface area contributed by atoms with Gasteiger partial charge in [-0.3, -0.25) is 0 Å². The molecule has 2 heteroatoms. The van der Waals surface area contributed by atoms with Gasteiger partial charge in [0.15, 0.2) is 0 Å². The highest BCUT2D eigenvalue weighted by atomic mass is 16.5. The highest BCUT2D eigenvalue weighted by molar-refractivity contribution is 5.06. The highest BCUT2D eigenvalue weighted by Crippen LogP contribution is 2.24. The molecular weight excluding hydrogens is 138 g/mol. The van der Waals surface area contributed by atoms with Crippen LogP contribution in [0.3, 0.4) is 0 Å². The fourth-order valence-electron chi connectivity index (χ4n) is 1.61. The van der Waals surface area contributed by atoms with Crippen molar-refractivity contribution in [2.45, 2.75) is 31.8 Å². The standard InChI is InChI=1S/C9H17NO/c1-11-9-4-2-3-8(7-9)5-6-10/h5,9H,2-4,6-7,10H2,1H3/b8-5-. The topological polar surface area (TPSA) is 35.2 Å². The zero-order valence-corrected chi connectivity index (χ0v) is 7.18. The number of hydrogen-bond acceptors (Lipinski definition) is 2. The smallest absolute Gasteiger partial charge is 0.0608 e. The minimum absolute atomic E-state index is 0.446. The predicted molar refractivity (Wildman–Crippen MR) is 46.4 cm³/mol. The van der Waals surface area contributed by atoms with Crippen molar-refractivity contribution < 1.29 is 4.74 Å². The summed E-state index contributed by atoms with van der Waals surface area (Å²) in [6.45, 7) is 0.672. The fourth-order valence-corrected chi connectivity index (χ4v) is 1.61. The molecule has 0 spiro atoms. The maximum Gasteiger partial charge on any atom is 0.0608 e. The third kappa shape index (κ3) is 2.64. The monoisotopic (exact) mass is 155 g/mol. The molecule has 0 aromatic carbocycles. The van der Waals surface area contributed by atoms with Crippen LogP contribution in [-0.2, 0) is 4.74 Å². The lowest BCUT2D eigenvalue weighted by atomic mass is 9.92. The number of hydrogen-bond donors (Lipinski definition) is 1. The molecule has 64 valence electrons. The van der Waals surface area contributed by atoms with Gasteiger partial charge in [-0.1, -0.05) is 11.6 Å². The van der Waals surface area contributed by atoms with Crippen molar-refractivity contribution in [2.75, 3.05) is 13.7 Å². The van der Waals surface area contributed by atoms with E-state index in [1.807, 2.05) is 0 Å². The molecule has 0 heterocycles. The van der Waals surface area contributed by atoms with Gasteiger partial charge in [-0.05, 0) is 25.7 Å². The van der Waals surface area contributed by atoms with E-state index < -0.39 is 0 Å². The Hall–Kier alpha value is -0.340. The Kier molecular flexibility index (Phi) is 3.60. The molecule has 1 aliphatic carbocycles. The zero-order chi connectivity index (χ0) is 8.10. The molecule has 2 nitrogen and oxygen atoms in total. The lowest BCUT2D eigenvalue weighted by Gasteiger charge is -2.22.